The number of carboxylic acid groups (broad SMARTS) is 1. The predicted molar refractivity (Wildman–Crippen MR) is 61.6 cm³/mol. The highest BCUT2D eigenvalue weighted by molar-refractivity contribution is 9.10. The largest absolute Gasteiger partial charge is 0.481 e. The topological polar surface area (TPSA) is 37.3 Å². The molecule has 0 bridgehead atoms. The van der Waals surface area contributed by atoms with Crippen LogP contribution < -0.4 is 0 Å². The first kappa shape index (κ1) is 12.5. The maximum Gasteiger partial charge on any atom is 0.306 e. The second-order valence-electron chi connectivity index (χ2n) is 4.31. The minimum Gasteiger partial charge on any atom is -0.481 e. The molecule has 0 radical (unpaired) electrons. The van der Waals surface area contributed by atoms with Crippen molar-refractivity contribution in [3.05, 3.63) is 33.8 Å². The molecule has 17 heavy (non-hydrogen) atoms. The lowest BCUT2D eigenvalue weighted by Gasteiger charge is -2.33. The highest BCUT2D eigenvalue weighted by Crippen LogP contribution is 2.38. The highest BCUT2D eigenvalue weighted by atomic mass is 79.9. The number of carbonyl (C=O) groups is 1. The van der Waals surface area contributed by atoms with Crippen molar-refractivity contribution in [2.24, 2.45) is 11.8 Å². The Balaban J connectivity index is 2.19. The molecule has 0 aromatic heterocycles. The first-order chi connectivity index (χ1) is 8.00. The van der Waals surface area contributed by atoms with E-state index < -0.39 is 23.5 Å². The van der Waals surface area contributed by atoms with E-state index in [4.69, 9.17) is 5.11 Å². The molecule has 2 unspecified atom stereocenters. The molecule has 1 fully saturated rings. The molecule has 1 aromatic carbocycles. The second-order valence-corrected chi connectivity index (χ2v) is 5.16. The van der Waals surface area contributed by atoms with Gasteiger partial charge in [-0.15, -0.1) is 0 Å². The molecule has 0 heterocycles. The molecule has 2 atom stereocenters. The van der Waals surface area contributed by atoms with Gasteiger partial charge in [0, 0.05) is 5.56 Å². The SMILES string of the molecule is O=C(O)C1CCC1Cc1c(F)ccc(Br)c1F. The molecular formula is C12H11BrF2O2. The van der Waals surface area contributed by atoms with Crippen molar-refractivity contribution in [2.45, 2.75) is 19.3 Å². The molecule has 5 heteroatoms. The molecule has 1 N–H and O–H groups in total. The fourth-order valence-corrected chi connectivity index (χ4v) is 2.53. The van der Waals surface area contributed by atoms with E-state index >= 15 is 0 Å². The van der Waals surface area contributed by atoms with Crippen LogP contribution in [0.15, 0.2) is 16.6 Å². The van der Waals surface area contributed by atoms with Crippen LogP contribution in [0.25, 0.3) is 0 Å². The first-order valence-corrected chi connectivity index (χ1v) is 6.15. The summed E-state index contributed by atoms with van der Waals surface area (Å²) in [4.78, 5) is 10.8. The van der Waals surface area contributed by atoms with E-state index in [9.17, 15) is 13.6 Å². The van der Waals surface area contributed by atoms with Crippen LogP contribution in [0.1, 0.15) is 18.4 Å². The van der Waals surface area contributed by atoms with Crippen LogP contribution in [0.2, 0.25) is 0 Å². The van der Waals surface area contributed by atoms with Crippen LogP contribution in [0.3, 0.4) is 0 Å². The number of rotatable bonds is 3. The van der Waals surface area contributed by atoms with Crippen molar-refractivity contribution >= 4 is 21.9 Å². The van der Waals surface area contributed by atoms with Crippen LogP contribution in [-0.2, 0) is 11.2 Å². The van der Waals surface area contributed by atoms with Crippen molar-refractivity contribution < 1.29 is 18.7 Å². The molecule has 2 nitrogen and oxygen atoms in total. The Kier molecular flexibility index (Phi) is 3.47. The molecule has 1 aromatic rings. The van der Waals surface area contributed by atoms with Crippen molar-refractivity contribution in [3.8, 4) is 0 Å². The molecule has 1 aliphatic carbocycles. The van der Waals surface area contributed by atoms with Gasteiger partial charge in [-0.3, -0.25) is 4.79 Å². The van der Waals surface area contributed by atoms with E-state index in [1.807, 2.05) is 0 Å². The summed E-state index contributed by atoms with van der Waals surface area (Å²) < 4.78 is 27.4. The Bertz CT molecular complexity index is 462. The summed E-state index contributed by atoms with van der Waals surface area (Å²) in [6.07, 6.45) is 1.45. The van der Waals surface area contributed by atoms with E-state index in [0.717, 1.165) is 0 Å². The van der Waals surface area contributed by atoms with Crippen molar-refractivity contribution in [3.63, 3.8) is 0 Å². The number of halogens is 3. The van der Waals surface area contributed by atoms with Gasteiger partial charge in [0.05, 0.1) is 10.4 Å². The van der Waals surface area contributed by atoms with Crippen LogP contribution in [0.5, 0.6) is 0 Å². The minimum absolute atomic E-state index is 0.0182. The predicted octanol–water partition coefficient (Wildman–Crippen LogP) is 3.38. The molecule has 0 aliphatic heterocycles. The maximum absolute atomic E-state index is 13.7. The highest BCUT2D eigenvalue weighted by Gasteiger charge is 2.37. The third-order valence-corrected chi connectivity index (χ3v) is 3.95. The molecule has 2 rings (SSSR count). The summed E-state index contributed by atoms with van der Waals surface area (Å²) in [6.45, 7) is 0. The fourth-order valence-electron chi connectivity index (χ4n) is 2.16. The van der Waals surface area contributed by atoms with Crippen molar-refractivity contribution in [2.75, 3.05) is 0 Å². The fraction of sp³-hybridized carbons (Fsp3) is 0.417. The third-order valence-electron chi connectivity index (χ3n) is 3.34. The Hall–Kier alpha value is -0.970. The van der Waals surface area contributed by atoms with Gasteiger partial charge in [0.15, 0.2) is 0 Å². The number of hydrogen-bond acceptors (Lipinski definition) is 1. The third kappa shape index (κ3) is 2.34. The van der Waals surface area contributed by atoms with Crippen LogP contribution in [0, 0.1) is 23.5 Å². The first-order valence-electron chi connectivity index (χ1n) is 5.36. The van der Waals surface area contributed by atoms with Gasteiger partial charge < -0.3 is 5.11 Å². The summed E-state index contributed by atoms with van der Waals surface area (Å²) >= 11 is 3.00. The van der Waals surface area contributed by atoms with Gasteiger partial charge >= 0.3 is 5.97 Å². The second kappa shape index (κ2) is 4.72. The van der Waals surface area contributed by atoms with Crippen molar-refractivity contribution in [1.29, 1.82) is 0 Å². The van der Waals surface area contributed by atoms with Gasteiger partial charge in [-0.2, -0.15) is 0 Å². The van der Waals surface area contributed by atoms with E-state index in [1.54, 1.807) is 0 Å². The molecular weight excluding hydrogens is 294 g/mol. The number of benzene rings is 1. The lowest BCUT2D eigenvalue weighted by molar-refractivity contribution is -0.147. The van der Waals surface area contributed by atoms with Gasteiger partial charge in [-0.05, 0) is 53.2 Å². The summed E-state index contributed by atoms with van der Waals surface area (Å²) in [5.74, 6) is -2.74. The summed E-state index contributed by atoms with van der Waals surface area (Å²) in [7, 11) is 0. The average molecular weight is 305 g/mol. The smallest absolute Gasteiger partial charge is 0.306 e. The monoisotopic (exact) mass is 304 g/mol. The van der Waals surface area contributed by atoms with E-state index in [1.165, 1.54) is 12.1 Å². The normalized spacial score (nSPS) is 23.2. The number of aliphatic carboxylic acids is 1. The van der Waals surface area contributed by atoms with Gasteiger partial charge in [-0.1, -0.05) is 0 Å². The van der Waals surface area contributed by atoms with E-state index in [-0.39, 0.29) is 22.4 Å². The van der Waals surface area contributed by atoms with E-state index in [0.29, 0.717) is 12.8 Å². The molecule has 1 saturated carbocycles. The van der Waals surface area contributed by atoms with Crippen LogP contribution in [0.4, 0.5) is 8.78 Å². The Morgan fingerprint density at radius 3 is 2.65 bits per heavy atom. The Morgan fingerprint density at radius 2 is 2.12 bits per heavy atom. The van der Waals surface area contributed by atoms with Crippen molar-refractivity contribution in [1.82, 2.24) is 0 Å². The van der Waals surface area contributed by atoms with Gasteiger partial charge in [-0.25, -0.2) is 8.78 Å². The minimum atomic E-state index is -0.878. The summed E-state index contributed by atoms with van der Waals surface area (Å²) in [6, 6.07) is 2.50. The molecule has 0 saturated heterocycles. The molecule has 1 aliphatic rings. The summed E-state index contributed by atoms with van der Waals surface area (Å²) in [5, 5.41) is 8.88. The Labute approximate surface area is 106 Å². The average Bonchev–Trinajstić information content (AvgIpc) is 2.21. The molecule has 0 amide bonds. The zero-order chi connectivity index (χ0) is 12.6. The summed E-state index contributed by atoms with van der Waals surface area (Å²) in [5.41, 5.74) is -0.0182. The zero-order valence-corrected chi connectivity index (χ0v) is 10.5. The van der Waals surface area contributed by atoms with Gasteiger partial charge in [0.2, 0.25) is 0 Å². The lowest BCUT2D eigenvalue weighted by atomic mass is 9.71. The standard InChI is InChI=1S/C12H11BrF2O2/c13-9-3-4-10(14)8(11(9)15)5-6-1-2-7(6)12(16)17/h3-4,6-7H,1-2,5H2,(H,16,17). The number of carboxylic acids is 1. The van der Waals surface area contributed by atoms with E-state index in [2.05, 4.69) is 15.9 Å². The Morgan fingerprint density at radius 1 is 1.41 bits per heavy atom. The lowest BCUT2D eigenvalue weighted by Crippen LogP contribution is -2.34. The van der Waals surface area contributed by atoms with Crippen LogP contribution in [-0.4, -0.2) is 11.1 Å². The maximum atomic E-state index is 13.7. The molecule has 92 valence electrons. The molecule has 0 spiro atoms. The zero-order valence-electron chi connectivity index (χ0n) is 8.92. The quantitative estimate of drug-likeness (QED) is 0.869. The van der Waals surface area contributed by atoms with Gasteiger partial charge in [0.25, 0.3) is 0 Å². The number of hydrogen-bond donors (Lipinski definition) is 1. The van der Waals surface area contributed by atoms with Crippen LogP contribution >= 0.6 is 15.9 Å². The van der Waals surface area contributed by atoms with Gasteiger partial charge in [0.1, 0.15) is 11.6 Å².